The number of amidine groups is 1. The molecule has 1 aromatic heterocycles. The molecule has 0 aliphatic rings. The number of rotatable bonds is 1. The second kappa shape index (κ2) is 4.11. The molecule has 0 spiro atoms. The maximum absolute atomic E-state index is 5.56. The van der Waals surface area contributed by atoms with Crippen molar-refractivity contribution in [1.82, 2.24) is 0 Å². The highest BCUT2D eigenvalue weighted by Gasteiger charge is 1.95. The van der Waals surface area contributed by atoms with Gasteiger partial charge < -0.3 is 5.73 Å². The third-order valence-corrected chi connectivity index (χ3v) is 1.88. The Bertz CT molecular complexity index is 296. The van der Waals surface area contributed by atoms with Crippen LogP contribution in [0.2, 0.25) is 0 Å². The second-order valence-corrected chi connectivity index (χ2v) is 3.21. The zero-order valence-electron chi connectivity index (χ0n) is 7.19. The Kier molecular flexibility index (Phi) is 3.10. The summed E-state index contributed by atoms with van der Waals surface area (Å²) >= 11 is 1.44. The van der Waals surface area contributed by atoms with Gasteiger partial charge in [-0.15, -0.1) is 0 Å². The highest BCUT2D eigenvalue weighted by atomic mass is 32.2. The molecule has 0 unspecified atom stereocenters. The van der Waals surface area contributed by atoms with Crippen molar-refractivity contribution in [3.63, 3.8) is 0 Å². The fourth-order valence-electron chi connectivity index (χ4n) is 0.811. The van der Waals surface area contributed by atoms with Crippen LogP contribution in [-0.4, -0.2) is 11.4 Å². The molecule has 0 atom stereocenters. The summed E-state index contributed by atoms with van der Waals surface area (Å²) in [5, 5.41) is 0.584. The lowest BCUT2D eigenvalue weighted by Crippen LogP contribution is -2.25. The fraction of sp³-hybridized carbons (Fsp3) is 0.250. The predicted octanol–water partition coefficient (Wildman–Crippen LogP) is 0.820. The van der Waals surface area contributed by atoms with Crippen LogP contribution in [-0.2, 0) is 7.05 Å². The molecule has 0 saturated heterocycles. The molecule has 12 heavy (non-hydrogen) atoms. The van der Waals surface area contributed by atoms with Gasteiger partial charge in [0.25, 0.3) is 0 Å². The summed E-state index contributed by atoms with van der Waals surface area (Å²) < 4.78 is 1.94. The second-order valence-electron chi connectivity index (χ2n) is 2.38. The third-order valence-electron chi connectivity index (χ3n) is 1.37. The minimum absolute atomic E-state index is 0.584. The van der Waals surface area contributed by atoms with E-state index in [1.54, 1.807) is 0 Å². The van der Waals surface area contributed by atoms with E-state index in [1.165, 1.54) is 11.8 Å². The number of thioether (sulfide) groups is 1. The first-order chi connectivity index (χ1) is 5.72. The molecule has 0 radical (unpaired) electrons. The largest absolute Gasteiger partial charge is 0.378 e. The fourth-order valence-corrected chi connectivity index (χ4v) is 1.01. The lowest BCUT2D eigenvalue weighted by molar-refractivity contribution is -0.670. The Morgan fingerprint density at radius 3 is 3.00 bits per heavy atom. The van der Waals surface area contributed by atoms with Crippen LogP contribution in [0.25, 0.3) is 0 Å². The Balaban J connectivity index is 2.89. The monoisotopic (exact) mass is 182 g/mol. The van der Waals surface area contributed by atoms with Crippen molar-refractivity contribution in [1.29, 1.82) is 0 Å². The van der Waals surface area contributed by atoms with Gasteiger partial charge in [0.1, 0.15) is 12.7 Å². The zero-order valence-corrected chi connectivity index (χ0v) is 8.01. The highest BCUT2D eigenvalue weighted by molar-refractivity contribution is 8.13. The van der Waals surface area contributed by atoms with Crippen molar-refractivity contribution >= 4 is 22.6 Å². The number of aryl methyl sites for hydroxylation is 1. The van der Waals surface area contributed by atoms with Gasteiger partial charge in [-0.05, 0) is 12.3 Å². The summed E-state index contributed by atoms with van der Waals surface area (Å²) in [5.74, 6) is 0. The molecule has 1 rings (SSSR count). The molecule has 64 valence electrons. The quantitative estimate of drug-likeness (QED) is 0.397. The van der Waals surface area contributed by atoms with Crippen LogP contribution in [0.3, 0.4) is 0 Å². The van der Waals surface area contributed by atoms with E-state index in [0.29, 0.717) is 5.17 Å². The van der Waals surface area contributed by atoms with Gasteiger partial charge in [0.2, 0.25) is 0 Å². The summed E-state index contributed by atoms with van der Waals surface area (Å²) in [6.45, 7) is 0. The number of pyridine rings is 1. The number of aliphatic imine (C=N–C) groups is 1. The minimum Gasteiger partial charge on any atom is -0.378 e. The first-order valence-corrected chi connectivity index (χ1v) is 4.78. The molecule has 0 fully saturated rings. The molecule has 0 aliphatic carbocycles. The first-order valence-electron chi connectivity index (χ1n) is 3.56. The van der Waals surface area contributed by atoms with Crippen molar-refractivity contribution in [2.24, 2.45) is 17.8 Å². The molecular formula is C8H12N3S+. The molecule has 0 saturated carbocycles. The average Bonchev–Trinajstić information content (AvgIpc) is 2.04. The summed E-state index contributed by atoms with van der Waals surface area (Å²) in [7, 11) is 1.95. The topological polar surface area (TPSA) is 42.3 Å². The Hall–Kier alpha value is -1.03. The molecule has 1 heterocycles. The first kappa shape index (κ1) is 9.06. The van der Waals surface area contributed by atoms with Gasteiger partial charge in [-0.1, -0.05) is 11.8 Å². The van der Waals surface area contributed by atoms with E-state index in [4.69, 9.17) is 5.73 Å². The molecule has 0 amide bonds. The van der Waals surface area contributed by atoms with Crippen molar-refractivity contribution in [3.8, 4) is 0 Å². The molecule has 3 nitrogen and oxygen atoms in total. The Morgan fingerprint density at radius 1 is 1.67 bits per heavy atom. The molecule has 0 aromatic carbocycles. The Labute approximate surface area is 76.3 Å². The lowest BCUT2D eigenvalue weighted by Gasteiger charge is -1.93. The summed E-state index contributed by atoms with van der Waals surface area (Å²) in [5.41, 5.74) is 6.44. The molecule has 0 bridgehead atoms. The van der Waals surface area contributed by atoms with Gasteiger partial charge in [0.15, 0.2) is 17.6 Å². The zero-order chi connectivity index (χ0) is 8.97. The number of hydrogen-bond donors (Lipinski definition) is 1. The van der Waals surface area contributed by atoms with Crippen LogP contribution in [0.4, 0.5) is 5.69 Å². The molecule has 0 aliphatic heterocycles. The van der Waals surface area contributed by atoms with Crippen LogP contribution in [0.5, 0.6) is 0 Å². The Morgan fingerprint density at radius 2 is 2.42 bits per heavy atom. The van der Waals surface area contributed by atoms with Crippen molar-refractivity contribution < 1.29 is 4.57 Å². The van der Waals surface area contributed by atoms with Crippen LogP contribution in [0, 0.1) is 0 Å². The predicted molar refractivity (Wildman–Crippen MR) is 52.4 cm³/mol. The van der Waals surface area contributed by atoms with Gasteiger partial charge >= 0.3 is 0 Å². The normalized spacial score (nSPS) is 11.7. The van der Waals surface area contributed by atoms with Gasteiger partial charge in [-0.25, -0.2) is 9.56 Å². The van der Waals surface area contributed by atoms with E-state index < -0.39 is 0 Å². The summed E-state index contributed by atoms with van der Waals surface area (Å²) in [4.78, 5) is 4.17. The molecule has 2 N–H and O–H groups in total. The van der Waals surface area contributed by atoms with Gasteiger partial charge in [-0.3, -0.25) is 0 Å². The number of nitrogens with zero attached hydrogens (tertiary/aromatic N) is 2. The summed E-state index contributed by atoms with van der Waals surface area (Å²) in [6.07, 6.45) is 5.78. The summed E-state index contributed by atoms with van der Waals surface area (Å²) in [6, 6.07) is 3.86. The van der Waals surface area contributed by atoms with E-state index in [2.05, 4.69) is 4.99 Å². The van der Waals surface area contributed by atoms with Crippen LogP contribution in [0.15, 0.2) is 29.5 Å². The lowest BCUT2D eigenvalue weighted by atomic mass is 10.4. The van der Waals surface area contributed by atoms with Gasteiger partial charge in [-0.2, -0.15) is 0 Å². The van der Waals surface area contributed by atoms with Crippen molar-refractivity contribution in [3.05, 3.63) is 24.5 Å². The van der Waals surface area contributed by atoms with Crippen molar-refractivity contribution in [2.45, 2.75) is 0 Å². The van der Waals surface area contributed by atoms with Crippen molar-refractivity contribution in [2.75, 3.05) is 6.26 Å². The number of hydrogen-bond acceptors (Lipinski definition) is 2. The molecular weight excluding hydrogens is 170 g/mol. The standard InChI is InChI=1S/C8H12N3S/c1-11-5-3-4-7(6-11)10-8(9)12-2/h3-6H,1-2H3,(H2,9,10)/q+1. The smallest absolute Gasteiger partial charge is 0.194 e. The van der Waals surface area contributed by atoms with Crippen LogP contribution in [0.1, 0.15) is 0 Å². The maximum Gasteiger partial charge on any atom is 0.194 e. The molecule has 4 heteroatoms. The van der Waals surface area contributed by atoms with E-state index in [-0.39, 0.29) is 0 Å². The maximum atomic E-state index is 5.56. The minimum atomic E-state index is 0.584. The number of nitrogens with two attached hydrogens (primary N) is 1. The molecule has 1 aromatic rings. The van der Waals surface area contributed by atoms with E-state index in [9.17, 15) is 0 Å². The highest BCUT2D eigenvalue weighted by Crippen LogP contribution is 2.08. The number of aromatic nitrogens is 1. The van der Waals surface area contributed by atoms with E-state index in [0.717, 1.165) is 5.69 Å². The van der Waals surface area contributed by atoms with E-state index in [1.807, 2.05) is 42.4 Å². The van der Waals surface area contributed by atoms with Crippen LogP contribution >= 0.6 is 11.8 Å². The van der Waals surface area contributed by atoms with Crippen LogP contribution < -0.4 is 10.3 Å². The van der Waals surface area contributed by atoms with E-state index >= 15 is 0 Å². The SMILES string of the molecule is CSC(N)=Nc1ccc[n+](C)c1. The average molecular weight is 182 g/mol. The third kappa shape index (κ3) is 2.54. The van der Waals surface area contributed by atoms with Gasteiger partial charge in [0, 0.05) is 6.07 Å². The van der Waals surface area contributed by atoms with Gasteiger partial charge in [0.05, 0.1) is 0 Å².